The summed E-state index contributed by atoms with van der Waals surface area (Å²) >= 11 is 0. The van der Waals surface area contributed by atoms with Gasteiger partial charge in [0.15, 0.2) is 0 Å². The van der Waals surface area contributed by atoms with Crippen LogP contribution in [0.2, 0.25) is 0 Å². The molecule has 2 rings (SSSR count). The van der Waals surface area contributed by atoms with Crippen LogP contribution in [-0.4, -0.2) is 24.5 Å². The van der Waals surface area contributed by atoms with E-state index in [1.54, 1.807) is 0 Å². The highest BCUT2D eigenvalue weighted by Crippen LogP contribution is 2.04. The van der Waals surface area contributed by atoms with Crippen molar-refractivity contribution in [2.75, 3.05) is 6.54 Å². The Morgan fingerprint density at radius 2 is 1.58 bits per heavy atom. The highest BCUT2D eigenvalue weighted by atomic mass is 16.2. The number of carbonyl (C=O) groups excluding carboxylic acids is 1. The molecule has 4 heteroatoms. The zero-order valence-electron chi connectivity index (χ0n) is 14.2. The second kappa shape index (κ2) is 9.85. The first-order valence-electron chi connectivity index (χ1n) is 8.49. The lowest BCUT2D eigenvalue weighted by molar-refractivity contribution is -0.122. The van der Waals surface area contributed by atoms with Gasteiger partial charge in [0, 0.05) is 19.1 Å². The molecule has 0 unspecified atom stereocenters. The molecule has 0 aliphatic carbocycles. The summed E-state index contributed by atoms with van der Waals surface area (Å²) in [7, 11) is 0. The van der Waals surface area contributed by atoms with Gasteiger partial charge < -0.3 is 16.4 Å². The van der Waals surface area contributed by atoms with Crippen LogP contribution in [0, 0.1) is 0 Å². The lowest BCUT2D eigenvalue weighted by atomic mass is 10.1. The van der Waals surface area contributed by atoms with Crippen molar-refractivity contribution in [1.82, 2.24) is 10.6 Å². The summed E-state index contributed by atoms with van der Waals surface area (Å²) in [6.45, 7) is 3.04. The van der Waals surface area contributed by atoms with E-state index in [1.807, 2.05) is 55.5 Å². The van der Waals surface area contributed by atoms with Crippen molar-refractivity contribution in [3.05, 3.63) is 71.8 Å². The second-order valence-corrected chi connectivity index (χ2v) is 6.12. The topological polar surface area (TPSA) is 67.1 Å². The quantitative estimate of drug-likeness (QED) is 0.662. The van der Waals surface area contributed by atoms with Crippen LogP contribution >= 0.6 is 0 Å². The first-order valence-corrected chi connectivity index (χ1v) is 8.49. The monoisotopic (exact) mass is 325 g/mol. The molecule has 0 heterocycles. The summed E-state index contributed by atoms with van der Waals surface area (Å²) in [5.41, 5.74) is 8.53. The molecule has 0 saturated heterocycles. The molecule has 0 radical (unpaired) electrons. The first kappa shape index (κ1) is 18.2. The average Bonchev–Trinajstić information content (AvgIpc) is 2.64. The van der Waals surface area contributed by atoms with Gasteiger partial charge in [0.1, 0.15) is 0 Å². The zero-order chi connectivity index (χ0) is 17.2. The van der Waals surface area contributed by atoms with Crippen LogP contribution in [0.5, 0.6) is 0 Å². The van der Waals surface area contributed by atoms with Gasteiger partial charge in [-0.2, -0.15) is 0 Å². The van der Waals surface area contributed by atoms with Crippen molar-refractivity contribution in [2.45, 2.75) is 38.4 Å². The third kappa shape index (κ3) is 6.52. The molecule has 4 nitrogen and oxygen atoms in total. The minimum atomic E-state index is -0.253. The molecule has 0 aromatic heterocycles. The Morgan fingerprint density at radius 3 is 2.21 bits per heavy atom. The molecule has 0 spiro atoms. The number of nitrogens with one attached hydrogen (secondary N) is 2. The van der Waals surface area contributed by atoms with Gasteiger partial charge in [-0.15, -0.1) is 0 Å². The van der Waals surface area contributed by atoms with Gasteiger partial charge in [-0.3, -0.25) is 4.79 Å². The van der Waals surface area contributed by atoms with Crippen LogP contribution in [-0.2, 0) is 17.8 Å². The minimum absolute atomic E-state index is 0.00545. The summed E-state index contributed by atoms with van der Waals surface area (Å²) in [4.78, 5) is 12.1. The molecule has 128 valence electrons. The number of hydrogen-bond acceptors (Lipinski definition) is 3. The highest BCUT2D eigenvalue weighted by molar-refractivity contribution is 5.81. The molecule has 24 heavy (non-hydrogen) atoms. The molecule has 0 fully saturated rings. The lowest BCUT2D eigenvalue weighted by Crippen LogP contribution is -2.46. The van der Waals surface area contributed by atoms with Crippen LogP contribution in [0.4, 0.5) is 0 Å². The molecule has 0 aliphatic heterocycles. The van der Waals surface area contributed by atoms with E-state index in [-0.39, 0.29) is 18.0 Å². The van der Waals surface area contributed by atoms with E-state index < -0.39 is 0 Å². The van der Waals surface area contributed by atoms with Crippen LogP contribution in [0.15, 0.2) is 60.7 Å². The third-order valence-corrected chi connectivity index (χ3v) is 4.04. The minimum Gasteiger partial charge on any atom is -0.351 e. The fraction of sp³-hybridized carbons (Fsp3) is 0.350. The lowest BCUT2D eigenvalue weighted by Gasteiger charge is -2.17. The van der Waals surface area contributed by atoms with Crippen molar-refractivity contribution in [3.8, 4) is 0 Å². The SMILES string of the molecule is C[C@H](NC[C@H](N)CCc1ccccc1)C(=O)NCc1ccccc1. The Kier molecular flexibility index (Phi) is 7.46. The summed E-state index contributed by atoms with van der Waals surface area (Å²) in [6, 6.07) is 20.0. The Hall–Kier alpha value is -2.17. The van der Waals surface area contributed by atoms with Crippen molar-refractivity contribution in [1.29, 1.82) is 0 Å². The maximum atomic E-state index is 12.1. The van der Waals surface area contributed by atoms with E-state index in [9.17, 15) is 4.79 Å². The van der Waals surface area contributed by atoms with Gasteiger partial charge in [0.2, 0.25) is 5.91 Å². The molecule has 0 saturated carbocycles. The Morgan fingerprint density at radius 1 is 1.00 bits per heavy atom. The fourth-order valence-corrected chi connectivity index (χ4v) is 2.46. The summed E-state index contributed by atoms with van der Waals surface area (Å²) < 4.78 is 0. The van der Waals surface area contributed by atoms with Gasteiger partial charge in [-0.05, 0) is 30.9 Å². The van der Waals surface area contributed by atoms with Crippen molar-refractivity contribution in [3.63, 3.8) is 0 Å². The smallest absolute Gasteiger partial charge is 0.237 e. The van der Waals surface area contributed by atoms with Gasteiger partial charge >= 0.3 is 0 Å². The molecular formula is C20H27N3O. The van der Waals surface area contributed by atoms with Crippen LogP contribution in [0.3, 0.4) is 0 Å². The van der Waals surface area contributed by atoms with Gasteiger partial charge in [0.05, 0.1) is 6.04 Å². The number of aryl methyl sites for hydroxylation is 1. The number of benzene rings is 2. The number of hydrogen-bond donors (Lipinski definition) is 3. The number of rotatable bonds is 9. The normalized spacial score (nSPS) is 13.2. The van der Waals surface area contributed by atoms with Crippen LogP contribution < -0.4 is 16.4 Å². The van der Waals surface area contributed by atoms with E-state index in [0.717, 1.165) is 18.4 Å². The van der Waals surface area contributed by atoms with Crippen molar-refractivity contribution < 1.29 is 4.79 Å². The predicted octanol–water partition coefficient (Wildman–Crippen LogP) is 2.24. The van der Waals surface area contributed by atoms with Gasteiger partial charge in [0.25, 0.3) is 0 Å². The first-order chi connectivity index (χ1) is 11.6. The molecule has 1 amide bonds. The summed E-state index contributed by atoms with van der Waals surface area (Å²) in [6.07, 6.45) is 1.85. The maximum Gasteiger partial charge on any atom is 0.237 e. The van der Waals surface area contributed by atoms with Crippen LogP contribution in [0.25, 0.3) is 0 Å². The number of amides is 1. The highest BCUT2D eigenvalue weighted by Gasteiger charge is 2.13. The largest absolute Gasteiger partial charge is 0.351 e. The van der Waals surface area contributed by atoms with Crippen LogP contribution in [0.1, 0.15) is 24.5 Å². The van der Waals surface area contributed by atoms with E-state index in [0.29, 0.717) is 13.1 Å². The molecule has 0 bridgehead atoms. The Labute approximate surface area is 144 Å². The third-order valence-electron chi connectivity index (χ3n) is 4.04. The molecule has 4 N–H and O–H groups in total. The molecule has 0 aliphatic rings. The maximum absolute atomic E-state index is 12.1. The second-order valence-electron chi connectivity index (χ2n) is 6.12. The summed E-state index contributed by atoms with van der Waals surface area (Å²) in [5.74, 6) is -0.00545. The Balaban J connectivity index is 1.64. The van der Waals surface area contributed by atoms with E-state index in [2.05, 4.69) is 22.8 Å². The summed E-state index contributed by atoms with van der Waals surface area (Å²) in [5, 5.41) is 6.16. The molecule has 2 aromatic rings. The molecule has 2 aromatic carbocycles. The molecular weight excluding hydrogens is 298 g/mol. The van der Waals surface area contributed by atoms with Gasteiger partial charge in [-0.25, -0.2) is 0 Å². The zero-order valence-corrected chi connectivity index (χ0v) is 14.2. The van der Waals surface area contributed by atoms with Crippen molar-refractivity contribution in [2.24, 2.45) is 5.73 Å². The van der Waals surface area contributed by atoms with Crippen molar-refractivity contribution >= 4 is 5.91 Å². The fourth-order valence-electron chi connectivity index (χ4n) is 2.46. The molecule has 2 atom stereocenters. The standard InChI is InChI=1S/C20H27N3O/c1-16(20(24)23-14-18-10-6-3-7-11-18)22-15-19(21)13-12-17-8-4-2-5-9-17/h2-11,16,19,22H,12-15,21H2,1H3,(H,23,24)/t16-,19+/m0/s1. The van der Waals surface area contributed by atoms with E-state index >= 15 is 0 Å². The van der Waals surface area contributed by atoms with E-state index in [1.165, 1.54) is 5.56 Å². The van der Waals surface area contributed by atoms with E-state index in [4.69, 9.17) is 5.73 Å². The predicted molar refractivity (Wildman–Crippen MR) is 98.5 cm³/mol. The number of carbonyl (C=O) groups is 1. The van der Waals surface area contributed by atoms with Gasteiger partial charge in [-0.1, -0.05) is 60.7 Å². The number of nitrogens with two attached hydrogens (primary N) is 1. The average molecular weight is 325 g/mol. The Bertz CT molecular complexity index is 601.